The molecule has 28 heavy (non-hydrogen) atoms. The van der Waals surface area contributed by atoms with E-state index in [-0.39, 0.29) is 5.78 Å². The van der Waals surface area contributed by atoms with Crippen LogP contribution in [0.15, 0.2) is 54.9 Å². The van der Waals surface area contributed by atoms with Gasteiger partial charge < -0.3 is 14.5 Å². The third-order valence-electron chi connectivity index (χ3n) is 5.40. The van der Waals surface area contributed by atoms with Gasteiger partial charge in [-0.25, -0.2) is 4.98 Å². The summed E-state index contributed by atoms with van der Waals surface area (Å²) in [6, 6.07) is 13.8. The highest BCUT2D eigenvalue weighted by atomic mass is 16.5. The smallest absolute Gasteiger partial charge is 0.188 e. The van der Waals surface area contributed by atoms with Crippen LogP contribution in [0.5, 0.6) is 5.75 Å². The summed E-state index contributed by atoms with van der Waals surface area (Å²) < 4.78 is 12.1. The summed E-state index contributed by atoms with van der Waals surface area (Å²) in [5.41, 5.74) is 2.97. The van der Waals surface area contributed by atoms with Crippen LogP contribution in [0.3, 0.4) is 0 Å². The molecule has 5 nitrogen and oxygen atoms in total. The highest BCUT2D eigenvalue weighted by Gasteiger charge is 2.35. The maximum absolute atomic E-state index is 12.4. The maximum Gasteiger partial charge on any atom is 0.188 e. The van der Waals surface area contributed by atoms with Crippen LogP contribution in [0.4, 0.5) is 0 Å². The molecule has 1 atom stereocenters. The van der Waals surface area contributed by atoms with E-state index in [0.717, 1.165) is 46.7 Å². The number of carbonyl (C=O) groups is 1. The second-order valence-corrected chi connectivity index (χ2v) is 7.22. The van der Waals surface area contributed by atoms with E-state index in [2.05, 4.69) is 9.97 Å². The standard InChI is InChI=1S/C23H24N2O3/c1-23(22-24-13-14-25-22,16-7-4-3-5-8-16)28-21-12-11-18-17(19(21)15-27-2)9-6-10-20(18)26/h3-5,7-8,11-14H,6,9-10,15H2,1-2H3,(H,24,25)/t23-/m0/s1. The lowest BCUT2D eigenvalue weighted by Gasteiger charge is -2.31. The topological polar surface area (TPSA) is 64.2 Å². The number of rotatable bonds is 6. The second kappa shape index (κ2) is 7.60. The average molecular weight is 376 g/mol. The Balaban J connectivity index is 1.83. The lowest BCUT2D eigenvalue weighted by atomic mass is 9.86. The molecule has 0 saturated carbocycles. The van der Waals surface area contributed by atoms with Crippen LogP contribution in [0.25, 0.3) is 0 Å². The maximum atomic E-state index is 12.4. The molecule has 3 aromatic rings. The molecule has 1 aromatic heterocycles. The van der Waals surface area contributed by atoms with E-state index in [1.165, 1.54) is 0 Å². The molecule has 1 aliphatic rings. The zero-order valence-electron chi connectivity index (χ0n) is 16.2. The van der Waals surface area contributed by atoms with E-state index >= 15 is 0 Å². The summed E-state index contributed by atoms with van der Waals surface area (Å²) in [7, 11) is 1.66. The molecule has 2 aromatic carbocycles. The van der Waals surface area contributed by atoms with Gasteiger partial charge >= 0.3 is 0 Å². The van der Waals surface area contributed by atoms with Gasteiger partial charge in [-0.05, 0) is 37.5 Å². The molecule has 0 unspecified atom stereocenters. The highest BCUT2D eigenvalue weighted by molar-refractivity contribution is 5.99. The monoisotopic (exact) mass is 376 g/mol. The Hall–Kier alpha value is -2.92. The Kier molecular flexibility index (Phi) is 5.01. The molecule has 0 aliphatic heterocycles. The van der Waals surface area contributed by atoms with Crippen LogP contribution in [-0.2, 0) is 23.4 Å². The van der Waals surface area contributed by atoms with Crippen molar-refractivity contribution in [3.63, 3.8) is 0 Å². The Morgan fingerprint density at radius 2 is 1.96 bits per heavy atom. The molecular formula is C23H24N2O3. The number of Topliss-reactive ketones (excluding diaryl/α,β-unsaturated/α-hetero) is 1. The molecule has 1 aliphatic carbocycles. The van der Waals surface area contributed by atoms with E-state index in [1.807, 2.05) is 49.4 Å². The largest absolute Gasteiger partial charge is 0.474 e. The zero-order valence-corrected chi connectivity index (χ0v) is 16.2. The van der Waals surface area contributed by atoms with Gasteiger partial charge in [0.1, 0.15) is 5.75 Å². The van der Waals surface area contributed by atoms with Crippen molar-refractivity contribution < 1.29 is 14.3 Å². The van der Waals surface area contributed by atoms with Crippen molar-refractivity contribution in [2.45, 2.75) is 38.4 Å². The number of aromatic nitrogens is 2. The van der Waals surface area contributed by atoms with Crippen LogP contribution >= 0.6 is 0 Å². The van der Waals surface area contributed by atoms with Crippen LogP contribution < -0.4 is 4.74 Å². The number of methoxy groups -OCH3 is 1. The average Bonchev–Trinajstić information content (AvgIpc) is 3.26. The van der Waals surface area contributed by atoms with Crippen molar-refractivity contribution in [1.82, 2.24) is 9.97 Å². The molecule has 0 bridgehead atoms. The van der Waals surface area contributed by atoms with Crippen LogP contribution in [0, 0.1) is 0 Å². The van der Waals surface area contributed by atoms with Gasteiger partial charge in [0.2, 0.25) is 0 Å². The zero-order chi connectivity index (χ0) is 19.6. The molecule has 0 saturated heterocycles. The molecule has 1 heterocycles. The van der Waals surface area contributed by atoms with Gasteiger partial charge in [0.05, 0.1) is 6.61 Å². The number of H-pyrrole nitrogens is 1. The van der Waals surface area contributed by atoms with Gasteiger partial charge in [0.15, 0.2) is 17.2 Å². The lowest BCUT2D eigenvalue weighted by Crippen LogP contribution is -2.33. The molecule has 0 radical (unpaired) electrons. The first-order valence-corrected chi connectivity index (χ1v) is 9.55. The minimum atomic E-state index is -0.805. The van der Waals surface area contributed by atoms with Crippen LogP contribution in [0.2, 0.25) is 0 Å². The SMILES string of the molecule is COCc1c(O[C@@](C)(c2ccccc2)c2ncc[nH]2)ccc2c1CCCC2=O. The fraction of sp³-hybridized carbons (Fsp3) is 0.304. The summed E-state index contributed by atoms with van der Waals surface area (Å²) >= 11 is 0. The fourth-order valence-corrected chi connectivity index (χ4v) is 3.92. The molecule has 1 N–H and O–H groups in total. The summed E-state index contributed by atoms with van der Waals surface area (Å²) in [5.74, 6) is 1.64. The van der Waals surface area contributed by atoms with Gasteiger partial charge in [-0.1, -0.05) is 30.3 Å². The van der Waals surface area contributed by atoms with Crippen molar-refractivity contribution in [3.8, 4) is 5.75 Å². The first-order valence-electron chi connectivity index (χ1n) is 9.55. The van der Waals surface area contributed by atoms with Gasteiger partial charge in [0, 0.05) is 42.6 Å². The number of fused-ring (bicyclic) bond motifs is 1. The Morgan fingerprint density at radius 3 is 2.68 bits per heavy atom. The third-order valence-corrected chi connectivity index (χ3v) is 5.40. The third kappa shape index (κ3) is 3.22. The highest BCUT2D eigenvalue weighted by Crippen LogP contribution is 2.38. The summed E-state index contributed by atoms with van der Waals surface area (Å²) in [5, 5.41) is 0. The predicted molar refractivity (Wildman–Crippen MR) is 107 cm³/mol. The minimum absolute atomic E-state index is 0.196. The molecule has 0 fully saturated rings. The number of aromatic amines is 1. The first kappa shape index (κ1) is 18.4. The Labute approximate surface area is 164 Å². The van der Waals surface area contributed by atoms with Gasteiger partial charge in [-0.2, -0.15) is 0 Å². The van der Waals surface area contributed by atoms with E-state index in [4.69, 9.17) is 9.47 Å². The number of nitrogens with zero attached hydrogens (tertiary/aromatic N) is 1. The van der Waals surface area contributed by atoms with Crippen molar-refractivity contribution in [3.05, 3.63) is 82.9 Å². The van der Waals surface area contributed by atoms with Crippen LogP contribution in [0.1, 0.15) is 52.6 Å². The molecule has 144 valence electrons. The number of ketones is 1. The number of hydrogen-bond donors (Lipinski definition) is 1. The van der Waals surface area contributed by atoms with Gasteiger partial charge in [-0.15, -0.1) is 0 Å². The number of ether oxygens (including phenoxy) is 2. The number of nitrogens with one attached hydrogen (secondary N) is 1. The number of benzene rings is 2. The summed E-state index contributed by atoms with van der Waals surface area (Å²) in [6.45, 7) is 2.40. The summed E-state index contributed by atoms with van der Waals surface area (Å²) in [4.78, 5) is 20.0. The molecular weight excluding hydrogens is 352 g/mol. The number of hydrogen-bond acceptors (Lipinski definition) is 4. The first-order chi connectivity index (χ1) is 13.6. The lowest BCUT2D eigenvalue weighted by molar-refractivity contribution is 0.0969. The Morgan fingerprint density at radius 1 is 1.14 bits per heavy atom. The van der Waals surface area contributed by atoms with Gasteiger partial charge in [-0.3, -0.25) is 4.79 Å². The van der Waals surface area contributed by atoms with Gasteiger partial charge in [0.25, 0.3) is 0 Å². The molecule has 5 heteroatoms. The van der Waals surface area contributed by atoms with E-state index in [9.17, 15) is 4.79 Å². The second-order valence-electron chi connectivity index (χ2n) is 7.22. The minimum Gasteiger partial charge on any atom is -0.474 e. The molecule has 0 amide bonds. The fourth-order valence-electron chi connectivity index (χ4n) is 3.92. The van der Waals surface area contributed by atoms with E-state index < -0.39 is 5.60 Å². The number of carbonyl (C=O) groups excluding carboxylic acids is 1. The quantitative estimate of drug-likeness (QED) is 0.692. The van der Waals surface area contributed by atoms with E-state index in [0.29, 0.717) is 13.0 Å². The van der Waals surface area contributed by atoms with Crippen molar-refractivity contribution in [1.29, 1.82) is 0 Å². The van der Waals surface area contributed by atoms with Crippen molar-refractivity contribution in [2.75, 3.05) is 7.11 Å². The number of imidazole rings is 1. The predicted octanol–water partition coefficient (Wildman–Crippen LogP) is 4.42. The summed E-state index contributed by atoms with van der Waals surface area (Å²) in [6.07, 6.45) is 5.84. The Bertz CT molecular complexity index is 967. The van der Waals surface area contributed by atoms with Crippen molar-refractivity contribution in [2.24, 2.45) is 0 Å². The molecule has 0 spiro atoms. The normalized spacial score (nSPS) is 15.7. The van der Waals surface area contributed by atoms with Crippen LogP contribution in [-0.4, -0.2) is 22.9 Å². The van der Waals surface area contributed by atoms with E-state index in [1.54, 1.807) is 19.5 Å². The van der Waals surface area contributed by atoms with Crippen molar-refractivity contribution >= 4 is 5.78 Å². The molecule has 4 rings (SSSR count).